The molecule has 4 nitrogen and oxygen atoms in total. The molecule has 0 fully saturated rings. The first kappa shape index (κ1) is 23.3. The predicted octanol–water partition coefficient (Wildman–Crippen LogP) is 7.27. The number of carbonyl (C=O) groups excluding carboxylic acids is 1. The SMILES string of the molecule is Cc1ccc(CSc2ncc(Sc3ccc(Cl)cc3)c(C(=O)Nc3ccc(F)cc3)n2)cc1. The van der Waals surface area contributed by atoms with Gasteiger partial charge in [-0.15, -0.1) is 0 Å². The third kappa shape index (κ3) is 6.57. The van der Waals surface area contributed by atoms with Crippen LogP contribution in [0, 0.1) is 12.7 Å². The molecule has 166 valence electrons. The number of nitrogens with zero attached hydrogens (tertiary/aromatic N) is 2. The first-order valence-corrected chi connectivity index (χ1v) is 12.2. The summed E-state index contributed by atoms with van der Waals surface area (Å²) in [5.74, 6) is -0.0790. The largest absolute Gasteiger partial charge is 0.321 e. The van der Waals surface area contributed by atoms with Gasteiger partial charge in [-0.1, -0.05) is 65.0 Å². The number of aryl methyl sites for hydroxylation is 1. The van der Waals surface area contributed by atoms with Crippen molar-refractivity contribution in [1.82, 2.24) is 9.97 Å². The van der Waals surface area contributed by atoms with Crippen LogP contribution in [0.25, 0.3) is 0 Å². The van der Waals surface area contributed by atoms with E-state index in [-0.39, 0.29) is 11.5 Å². The van der Waals surface area contributed by atoms with Gasteiger partial charge in [0.1, 0.15) is 11.5 Å². The Labute approximate surface area is 205 Å². The molecule has 1 aromatic heterocycles. The summed E-state index contributed by atoms with van der Waals surface area (Å²) in [4.78, 5) is 23.6. The molecular formula is C25H19ClFN3OS2. The average Bonchev–Trinajstić information content (AvgIpc) is 2.82. The van der Waals surface area contributed by atoms with Gasteiger partial charge in [-0.2, -0.15) is 0 Å². The van der Waals surface area contributed by atoms with E-state index >= 15 is 0 Å². The number of hydrogen-bond donors (Lipinski definition) is 1. The number of carbonyl (C=O) groups is 1. The summed E-state index contributed by atoms with van der Waals surface area (Å²) < 4.78 is 13.2. The minimum atomic E-state index is -0.391. The van der Waals surface area contributed by atoms with Gasteiger partial charge in [0.2, 0.25) is 0 Å². The van der Waals surface area contributed by atoms with Crippen LogP contribution in [0.15, 0.2) is 93.9 Å². The molecule has 0 unspecified atom stereocenters. The van der Waals surface area contributed by atoms with Gasteiger partial charge in [-0.05, 0) is 61.0 Å². The van der Waals surface area contributed by atoms with Crippen molar-refractivity contribution in [2.75, 3.05) is 5.32 Å². The smallest absolute Gasteiger partial charge is 0.275 e. The van der Waals surface area contributed by atoms with Gasteiger partial charge < -0.3 is 5.32 Å². The summed E-state index contributed by atoms with van der Waals surface area (Å²) in [5.41, 5.74) is 3.08. The van der Waals surface area contributed by atoms with Crippen molar-refractivity contribution >= 4 is 46.7 Å². The van der Waals surface area contributed by atoms with Crippen LogP contribution in [0.2, 0.25) is 5.02 Å². The van der Waals surface area contributed by atoms with Crippen LogP contribution in [-0.4, -0.2) is 15.9 Å². The lowest BCUT2D eigenvalue weighted by Gasteiger charge is -2.11. The van der Waals surface area contributed by atoms with E-state index in [1.54, 1.807) is 18.3 Å². The Morgan fingerprint density at radius 1 is 1.00 bits per heavy atom. The molecule has 0 spiro atoms. The molecule has 33 heavy (non-hydrogen) atoms. The molecule has 0 aliphatic carbocycles. The van der Waals surface area contributed by atoms with Crippen LogP contribution in [0.4, 0.5) is 10.1 Å². The number of benzene rings is 3. The Morgan fingerprint density at radius 3 is 2.39 bits per heavy atom. The molecule has 1 heterocycles. The van der Waals surface area contributed by atoms with E-state index in [9.17, 15) is 9.18 Å². The standard InChI is InChI=1S/C25H19ClFN3OS2/c1-16-2-4-17(5-3-16)15-32-25-28-14-22(33-21-12-6-18(26)7-13-21)23(30-25)24(31)29-20-10-8-19(27)9-11-20/h2-14H,15H2,1H3,(H,29,31). The third-order valence-electron chi connectivity index (χ3n) is 4.58. The van der Waals surface area contributed by atoms with Crippen molar-refractivity contribution in [1.29, 1.82) is 0 Å². The highest BCUT2D eigenvalue weighted by molar-refractivity contribution is 7.99. The zero-order valence-corrected chi connectivity index (χ0v) is 20.0. The van der Waals surface area contributed by atoms with Crippen LogP contribution in [0.3, 0.4) is 0 Å². The second-order valence-corrected chi connectivity index (χ2v) is 9.65. The maximum Gasteiger partial charge on any atom is 0.275 e. The minimum absolute atomic E-state index is 0.251. The number of amides is 1. The number of nitrogens with one attached hydrogen (secondary N) is 1. The Hall–Kier alpha value is -2.87. The number of halogens is 2. The quantitative estimate of drug-likeness (QED) is 0.216. The molecule has 0 aliphatic heterocycles. The minimum Gasteiger partial charge on any atom is -0.321 e. The molecule has 0 bridgehead atoms. The van der Waals surface area contributed by atoms with E-state index in [1.807, 2.05) is 19.1 Å². The summed E-state index contributed by atoms with van der Waals surface area (Å²) in [6, 6.07) is 21.2. The van der Waals surface area contributed by atoms with Gasteiger partial charge >= 0.3 is 0 Å². The fourth-order valence-corrected chi connectivity index (χ4v) is 4.61. The molecule has 0 saturated carbocycles. The number of aromatic nitrogens is 2. The second-order valence-electron chi connectivity index (χ2n) is 7.16. The van der Waals surface area contributed by atoms with Gasteiger partial charge in [-0.25, -0.2) is 14.4 Å². The number of rotatable bonds is 7. The lowest BCUT2D eigenvalue weighted by Crippen LogP contribution is -2.16. The summed E-state index contributed by atoms with van der Waals surface area (Å²) in [7, 11) is 0. The van der Waals surface area contributed by atoms with Crippen LogP contribution < -0.4 is 5.32 Å². The van der Waals surface area contributed by atoms with Crippen molar-refractivity contribution < 1.29 is 9.18 Å². The normalized spacial score (nSPS) is 10.8. The van der Waals surface area contributed by atoms with Crippen molar-refractivity contribution in [2.24, 2.45) is 0 Å². The number of thioether (sulfide) groups is 1. The van der Waals surface area contributed by atoms with E-state index in [0.717, 1.165) is 10.5 Å². The fraction of sp³-hybridized carbons (Fsp3) is 0.0800. The van der Waals surface area contributed by atoms with Crippen LogP contribution >= 0.6 is 35.1 Å². The molecule has 0 saturated heterocycles. The van der Waals surface area contributed by atoms with E-state index < -0.39 is 5.91 Å². The Bertz CT molecular complexity index is 1250. The molecule has 3 aromatic carbocycles. The lowest BCUT2D eigenvalue weighted by molar-refractivity contribution is 0.101. The van der Waals surface area contributed by atoms with Gasteiger partial charge in [0.05, 0.1) is 4.90 Å². The Morgan fingerprint density at radius 2 is 1.70 bits per heavy atom. The monoisotopic (exact) mass is 495 g/mol. The molecular weight excluding hydrogens is 477 g/mol. The topological polar surface area (TPSA) is 54.9 Å². The lowest BCUT2D eigenvalue weighted by atomic mass is 10.2. The number of hydrogen-bond acceptors (Lipinski definition) is 5. The van der Waals surface area contributed by atoms with E-state index in [1.165, 1.54) is 53.4 Å². The summed E-state index contributed by atoms with van der Waals surface area (Å²) >= 11 is 8.82. The predicted molar refractivity (Wildman–Crippen MR) is 133 cm³/mol. The molecule has 4 rings (SSSR count). The molecule has 0 aliphatic rings. The maximum absolute atomic E-state index is 13.2. The molecule has 8 heteroatoms. The molecule has 1 amide bonds. The van der Waals surface area contributed by atoms with Gasteiger partial charge in [0.15, 0.2) is 5.16 Å². The summed E-state index contributed by atoms with van der Waals surface area (Å²) in [6.45, 7) is 2.04. The van der Waals surface area contributed by atoms with Crippen molar-refractivity contribution in [3.05, 3.63) is 107 Å². The Kier molecular flexibility index (Phi) is 7.65. The van der Waals surface area contributed by atoms with E-state index in [2.05, 4.69) is 39.6 Å². The van der Waals surface area contributed by atoms with Crippen LogP contribution in [-0.2, 0) is 5.75 Å². The molecule has 0 radical (unpaired) electrons. The van der Waals surface area contributed by atoms with Gasteiger partial charge in [0, 0.05) is 27.6 Å². The van der Waals surface area contributed by atoms with Crippen molar-refractivity contribution in [2.45, 2.75) is 27.6 Å². The van der Waals surface area contributed by atoms with Crippen LogP contribution in [0.1, 0.15) is 21.6 Å². The highest BCUT2D eigenvalue weighted by Crippen LogP contribution is 2.32. The fourth-order valence-electron chi connectivity index (χ4n) is 2.85. The third-order valence-corrected chi connectivity index (χ3v) is 6.79. The van der Waals surface area contributed by atoms with Crippen molar-refractivity contribution in [3.8, 4) is 0 Å². The molecule has 0 atom stereocenters. The average molecular weight is 496 g/mol. The zero-order valence-electron chi connectivity index (χ0n) is 17.6. The first-order chi connectivity index (χ1) is 16.0. The summed E-state index contributed by atoms with van der Waals surface area (Å²) in [5, 5.41) is 3.92. The number of anilines is 1. The first-order valence-electron chi connectivity index (χ1n) is 10.0. The Balaban J connectivity index is 1.58. The molecule has 1 N–H and O–H groups in total. The highest BCUT2D eigenvalue weighted by Gasteiger charge is 2.17. The van der Waals surface area contributed by atoms with Crippen LogP contribution in [0.5, 0.6) is 0 Å². The van der Waals surface area contributed by atoms with Gasteiger partial charge in [0.25, 0.3) is 5.91 Å². The summed E-state index contributed by atoms with van der Waals surface area (Å²) in [6.07, 6.45) is 1.66. The second kappa shape index (κ2) is 10.8. The van der Waals surface area contributed by atoms with Crippen molar-refractivity contribution in [3.63, 3.8) is 0 Å². The maximum atomic E-state index is 13.2. The van der Waals surface area contributed by atoms with E-state index in [0.29, 0.717) is 26.5 Å². The van der Waals surface area contributed by atoms with Gasteiger partial charge in [-0.3, -0.25) is 4.79 Å². The highest BCUT2D eigenvalue weighted by atomic mass is 35.5. The molecule has 4 aromatic rings. The van der Waals surface area contributed by atoms with E-state index in [4.69, 9.17) is 11.6 Å². The zero-order chi connectivity index (χ0) is 23.2.